The summed E-state index contributed by atoms with van der Waals surface area (Å²) < 4.78 is 6.49. The van der Waals surface area contributed by atoms with Crippen molar-refractivity contribution in [2.24, 2.45) is 0 Å². The smallest absolute Gasteiger partial charge is 0.274 e. The van der Waals surface area contributed by atoms with Crippen LogP contribution < -0.4 is 5.56 Å². The van der Waals surface area contributed by atoms with Gasteiger partial charge in [-0.25, -0.2) is 5.10 Å². The number of nitrogens with one attached hydrogen (secondary N) is 1. The Balaban J connectivity index is 1.45. The van der Waals surface area contributed by atoms with Gasteiger partial charge in [0.2, 0.25) is 0 Å². The maximum absolute atomic E-state index is 13.4. The van der Waals surface area contributed by atoms with E-state index in [0.29, 0.717) is 39.4 Å². The number of carbonyl (C=O) groups excluding carboxylic acids is 2. The summed E-state index contributed by atoms with van der Waals surface area (Å²) in [5, 5.41) is 7.27. The second-order valence-corrected chi connectivity index (χ2v) is 8.84. The largest absolute Gasteiger partial charge is 0.378 e. The van der Waals surface area contributed by atoms with E-state index in [1.54, 1.807) is 4.90 Å². The van der Waals surface area contributed by atoms with Crippen molar-refractivity contribution in [1.29, 1.82) is 0 Å². The van der Waals surface area contributed by atoms with E-state index in [2.05, 4.69) is 16.3 Å². The third kappa shape index (κ3) is 3.75. The standard InChI is InChI=1S/C22H22N4O4S/c27-18-6-5-16(23-24-18)21(28)26-8-7-14(13-26)19-15-3-1-2-4-17(15)31-20(19)22(29)25-9-11-30-12-10-25/h1-6,14H,7-13H2,(H,24,27). The molecule has 31 heavy (non-hydrogen) atoms. The lowest BCUT2D eigenvalue weighted by Gasteiger charge is -2.27. The molecule has 8 nitrogen and oxygen atoms in total. The van der Waals surface area contributed by atoms with Crippen LogP contribution >= 0.6 is 11.3 Å². The first-order chi connectivity index (χ1) is 15.1. The molecule has 1 N–H and O–H groups in total. The minimum absolute atomic E-state index is 0.0478. The van der Waals surface area contributed by atoms with E-state index >= 15 is 0 Å². The first-order valence-corrected chi connectivity index (χ1v) is 11.2. The number of carbonyl (C=O) groups is 2. The molecule has 2 fully saturated rings. The van der Waals surface area contributed by atoms with Crippen LogP contribution in [-0.4, -0.2) is 71.2 Å². The van der Waals surface area contributed by atoms with Crippen LogP contribution in [0.1, 0.15) is 38.1 Å². The van der Waals surface area contributed by atoms with Crippen molar-refractivity contribution in [2.75, 3.05) is 39.4 Å². The van der Waals surface area contributed by atoms with Crippen LogP contribution in [0, 0.1) is 0 Å². The quantitative estimate of drug-likeness (QED) is 0.676. The second-order valence-electron chi connectivity index (χ2n) is 7.79. The number of aromatic nitrogens is 2. The summed E-state index contributed by atoms with van der Waals surface area (Å²) in [5.41, 5.74) is 0.925. The third-order valence-corrected chi connectivity index (χ3v) is 7.08. The van der Waals surface area contributed by atoms with E-state index in [1.807, 2.05) is 23.1 Å². The molecule has 9 heteroatoms. The van der Waals surface area contributed by atoms with Crippen LogP contribution in [-0.2, 0) is 4.74 Å². The molecule has 0 saturated carbocycles. The molecule has 5 rings (SSSR count). The van der Waals surface area contributed by atoms with Gasteiger partial charge < -0.3 is 14.5 Å². The number of rotatable bonds is 3. The van der Waals surface area contributed by atoms with Gasteiger partial charge in [0, 0.05) is 42.9 Å². The lowest BCUT2D eigenvalue weighted by atomic mass is 9.94. The molecule has 2 aliphatic rings. The first-order valence-electron chi connectivity index (χ1n) is 10.4. The highest BCUT2D eigenvalue weighted by Crippen LogP contribution is 2.41. The van der Waals surface area contributed by atoms with E-state index < -0.39 is 0 Å². The molecule has 2 saturated heterocycles. The van der Waals surface area contributed by atoms with Crippen LogP contribution in [0.25, 0.3) is 10.1 Å². The lowest BCUT2D eigenvalue weighted by Crippen LogP contribution is -2.40. The van der Waals surface area contributed by atoms with E-state index in [1.165, 1.54) is 23.5 Å². The fourth-order valence-corrected chi connectivity index (χ4v) is 5.60. The van der Waals surface area contributed by atoms with Crippen LogP contribution in [0.4, 0.5) is 0 Å². The normalized spacial score (nSPS) is 19.2. The fraction of sp³-hybridized carbons (Fsp3) is 0.364. The topological polar surface area (TPSA) is 95.6 Å². The maximum atomic E-state index is 13.4. The Morgan fingerprint density at radius 1 is 1.03 bits per heavy atom. The first kappa shape index (κ1) is 19.9. The number of amides is 2. The van der Waals surface area contributed by atoms with E-state index in [-0.39, 0.29) is 29.0 Å². The van der Waals surface area contributed by atoms with E-state index in [4.69, 9.17) is 4.74 Å². The maximum Gasteiger partial charge on any atom is 0.274 e. The summed E-state index contributed by atoms with van der Waals surface area (Å²) in [7, 11) is 0. The van der Waals surface area contributed by atoms with E-state index in [9.17, 15) is 14.4 Å². The van der Waals surface area contributed by atoms with Crippen molar-refractivity contribution in [3.8, 4) is 0 Å². The number of ether oxygens (including phenoxy) is 1. The van der Waals surface area contributed by atoms with Crippen molar-refractivity contribution in [2.45, 2.75) is 12.3 Å². The zero-order chi connectivity index (χ0) is 21.4. The Bertz CT molecular complexity index is 1180. The number of nitrogens with zero attached hydrogens (tertiary/aromatic N) is 3. The molecular formula is C22H22N4O4S. The van der Waals surface area contributed by atoms with Gasteiger partial charge in [-0.3, -0.25) is 14.4 Å². The molecular weight excluding hydrogens is 416 g/mol. The minimum atomic E-state index is -0.341. The van der Waals surface area contributed by atoms with Crippen LogP contribution in [0.15, 0.2) is 41.2 Å². The number of likely N-dealkylation sites (tertiary alicyclic amines) is 1. The number of benzene rings is 1. The molecule has 2 aromatic heterocycles. The van der Waals surface area contributed by atoms with Crippen LogP contribution in [0.5, 0.6) is 0 Å². The Kier molecular flexibility index (Phi) is 5.29. The summed E-state index contributed by atoms with van der Waals surface area (Å²) >= 11 is 1.53. The van der Waals surface area contributed by atoms with Crippen molar-refractivity contribution >= 4 is 33.2 Å². The van der Waals surface area contributed by atoms with Gasteiger partial charge in [-0.15, -0.1) is 11.3 Å². The average molecular weight is 439 g/mol. The summed E-state index contributed by atoms with van der Waals surface area (Å²) in [6.45, 7) is 3.41. The zero-order valence-electron chi connectivity index (χ0n) is 16.9. The molecule has 0 aliphatic carbocycles. The minimum Gasteiger partial charge on any atom is -0.378 e. The summed E-state index contributed by atoms with van der Waals surface area (Å²) in [4.78, 5) is 41.9. The number of hydrogen-bond acceptors (Lipinski definition) is 6. The van der Waals surface area contributed by atoms with Crippen molar-refractivity contribution in [1.82, 2.24) is 20.0 Å². The van der Waals surface area contributed by atoms with Gasteiger partial charge >= 0.3 is 0 Å². The van der Waals surface area contributed by atoms with Gasteiger partial charge in [-0.05, 0) is 29.5 Å². The molecule has 0 bridgehead atoms. The van der Waals surface area contributed by atoms with Crippen molar-refractivity contribution < 1.29 is 14.3 Å². The Labute approximate surface area is 182 Å². The predicted octanol–water partition coefficient (Wildman–Crippen LogP) is 2.09. The molecule has 0 radical (unpaired) electrons. The number of thiophene rings is 1. The van der Waals surface area contributed by atoms with Crippen molar-refractivity contribution in [3.05, 3.63) is 62.9 Å². The number of H-pyrrole nitrogens is 1. The summed E-state index contributed by atoms with van der Waals surface area (Å²) in [6, 6.07) is 10.8. The molecule has 4 heterocycles. The zero-order valence-corrected chi connectivity index (χ0v) is 17.7. The van der Waals surface area contributed by atoms with Crippen LogP contribution in [0.3, 0.4) is 0 Å². The number of morpholine rings is 1. The van der Waals surface area contributed by atoms with Gasteiger partial charge in [0.25, 0.3) is 17.4 Å². The fourth-order valence-electron chi connectivity index (χ4n) is 4.35. The summed E-state index contributed by atoms with van der Waals surface area (Å²) in [6.07, 6.45) is 0.777. The van der Waals surface area contributed by atoms with Gasteiger partial charge in [0.15, 0.2) is 0 Å². The Morgan fingerprint density at radius 2 is 1.84 bits per heavy atom. The molecule has 160 valence electrons. The second kappa shape index (κ2) is 8.24. The molecule has 2 amide bonds. The average Bonchev–Trinajstić information content (AvgIpc) is 3.44. The molecule has 2 aliphatic heterocycles. The lowest BCUT2D eigenvalue weighted by molar-refractivity contribution is 0.0305. The number of aromatic amines is 1. The molecule has 1 unspecified atom stereocenters. The molecule has 1 atom stereocenters. The van der Waals surface area contributed by atoms with E-state index in [0.717, 1.165) is 26.9 Å². The van der Waals surface area contributed by atoms with Gasteiger partial charge in [-0.2, -0.15) is 5.10 Å². The SMILES string of the molecule is O=C(c1ccc(=O)[nH]n1)N1CCC(c2c(C(=O)N3CCOCC3)sc3ccccc23)C1. The number of hydrogen-bond donors (Lipinski definition) is 1. The predicted molar refractivity (Wildman–Crippen MR) is 117 cm³/mol. The molecule has 1 aromatic carbocycles. The number of fused-ring (bicyclic) bond motifs is 1. The van der Waals surface area contributed by atoms with Gasteiger partial charge in [0.1, 0.15) is 5.69 Å². The van der Waals surface area contributed by atoms with Crippen molar-refractivity contribution in [3.63, 3.8) is 0 Å². The highest BCUT2D eigenvalue weighted by molar-refractivity contribution is 7.21. The Morgan fingerprint density at radius 3 is 2.61 bits per heavy atom. The molecule has 3 aromatic rings. The molecule has 0 spiro atoms. The third-order valence-electron chi connectivity index (χ3n) is 5.91. The van der Waals surface area contributed by atoms with Gasteiger partial charge in [0.05, 0.1) is 18.1 Å². The highest BCUT2D eigenvalue weighted by atomic mass is 32.1. The Hall–Kier alpha value is -3.04. The monoisotopic (exact) mass is 438 g/mol. The highest BCUT2D eigenvalue weighted by Gasteiger charge is 2.34. The summed E-state index contributed by atoms with van der Waals surface area (Å²) in [5.74, 6) is -0.0891. The van der Waals surface area contributed by atoms with Crippen LogP contribution in [0.2, 0.25) is 0 Å². The van der Waals surface area contributed by atoms with Gasteiger partial charge in [-0.1, -0.05) is 18.2 Å².